The lowest BCUT2D eigenvalue weighted by Gasteiger charge is -2.36. The van der Waals surface area contributed by atoms with Gasteiger partial charge in [-0.2, -0.15) is 0 Å². The zero-order valence-electron chi connectivity index (χ0n) is 10.1. The fourth-order valence-corrected chi connectivity index (χ4v) is 3.50. The molecule has 1 aromatic carbocycles. The lowest BCUT2D eigenvalue weighted by atomic mass is 10.0. The van der Waals surface area contributed by atoms with Crippen molar-refractivity contribution in [1.29, 1.82) is 0 Å². The summed E-state index contributed by atoms with van der Waals surface area (Å²) in [6.45, 7) is 0. The summed E-state index contributed by atoms with van der Waals surface area (Å²) in [6, 6.07) is 8.96. The first-order valence-electron chi connectivity index (χ1n) is 6.41. The number of nitrogens with zero attached hydrogens (tertiary/aromatic N) is 1. The number of hydrogen-bond donors (Lipinski definition) is 0. The molecule has 2 heterocycles. The quantitative estimate of drug-likeness (QED) is 0.615. The molecule has 2 bridgehead atoms. The number of ether oxygens (including phenoxy) is 1. The Hall–Kier alpha value is -0.780. The first-order valence-corrected chi connectivity index (χ1v) is 7.49. The van der Waals surface area contributed by atoms with Gasteiger partial charge >= 0.3 is 0 Å². The highest BCUT2D eigenvalue weighted by molar-refractivity contribution is 14.1. The van der Waals surface area contributed by atoms with Gasteiger partial charge in [0.05, 0.1) is 0 Å². The lowest BCUT2D eigenvalue weighted by Crippen LogP contribution is -2.45. The first kappa shape index (κ1) is 12.3. The number of piperidine rings is 1. The van der Waals surface area contributed by atoms with Crippen LogP contribution < -0.4 is 4.74 Å². The van der Waals surface area contributed by atoms with Gasteiger partial charge in [0.1, 0.15) is 11.9 Å². The van der Waals surface area contributed by atoms with Crippen LogP contribution in [0.25, 0.3) is 0 Å². The predicted octanol–water partition coefficient (Wildman–Crippen LogP) is 2.82. The maximum absolute atomic E-state index is 11.0. The Morgan fingerprint density at radius 1 is 1.17 bits per heavy atom. The monoisotopic (exact) mass is 357 g/mol. The second kappa shape index (κ2) is 5.07. The second-order valence-electron chi connectivity index (χ2n) is 5.10. The summed E-state index contributed by atoms with van der Waals surface area (Å²) in [4.78, 5) is 13.0. The molecule has 0 unspecified atom stereocenters. The summed E-state index contributed by atoms with van der Waals surface area (Å²) < 4.78 is 7.26. The lowest BCUT2D eigenvalue weighted by molar-refractivity contribution is -0.123. The van der Waals surface area contributed by atoms with Crippen LogP contribution in [0.1, 0.15) is 25.7 Å². The summed E-state index contributed by atoms with van der Waals surface area (Å²) >= 11 is 2.29. The van der Waals surface area contributed by atoms with Crippen LogP contribution in [0.5, 0.6) is 5.75 Å². The van der Waals surface area contributed by atoms with Crippen molar-refractivity contribution in [2.24, 2.45) is 0 Å². The van der Waals surface area contributed by atoms with E-state index in [1.165, 1.54) is 3.57 Å². The topological polar surface area (TPSA) is 29.5 Å². The molecule has 1 aromatic rings. The van der Waals surface area contributed by atoms with Crippen LogP contribution in [-0.2, 0) is 4.79 Å². The maximum atomic E-state index is 11.0. The molecular weight excluding hydrogens is 341 g/mol. The summed E-state index contributed by atoms with van der Waals surface area (Å²) in [5.74, 6) is 0.944. The Kier molecular flexibility index (Phi) is 3.46. The molecular formula is C14H16INO2. The summed E-state index contributed by atoms with van der Waals surface area (Å²) in [5, 5.41) is 0. The van der Waals surface area contributed by atoms with Gasteiger partial charge in [-0.05, 0) is 59.7 Å². The number of hydrogen-bond acceptors (Lipinski definition) is 2. The molecule has 2 aliphatic heterocycles. The van der Waals surface area contributed by atoms with Crippen molar-refractivity contribution in [2.75, 3.05) is 0 Å². The molecule has 3 rings (SSSR count). The van der Waals surface area contributed by atoms with Crippen LogP contribution in [0.3, 0.4) is 0 Å². The van der Waals surface area contributed by atoms with E-state index in [0.29, 0.717) is 12.1 Å². The van der Waals surface area contributed by atoms with E-state index in [-0.39, 0.29) is 6.10 Å². The second-order valence-corrected chi connectivity index (χ2v) is 6.35. The Balaban J connectivity index is 1.66. The van der Waals surface area contributed by atoms with Gasteiger partial charge in [0.2, 0.25) is 6.41 Å². The van der Waals surface area contributed by atoms with Gasteiger partial charge in [-0.3, -0.25) is 4.79 Å². The fraction of sp³-hybridized carbons (Fsp3) is 0.500. The van der Waals surface area contributed by atoms with Crippen LogP contribution >= 0.6 is 22.6 Å². The van der Waals surface area contributed by atoms with Crippen LogP contribution in [-0.4, -0.2) is 29.5 Å². The van der Waals surface area contributed by atoms with Crippen LogP contribution in [0.4, 0.5) is 0 Å². The molecule has 0 radical (unpaired) electrons. The highest BCUT2D eigenvalue weighted by Crippen LogP contribution is 2.36. The number of carbonyl (C=O) groups excluding carboxylic acids is 1. The molecule has 4 heteroatoms. The molecule has 0 N–H and O–H groups in total. The molecule has 2 fully saturated rings. The van der Waals surface area contributed by atoms with E-state index in [1.807, 2.05) is 17.0 Å². The highest BCUT2D eigenvalue weighted by atomic mass is 127. The van der Waals surface area contributed by atoms with Crippen molar-refractivity contribution in [3.8, 4) is 5.75 Å². The van der Waals surface area contributed by atoms with Crippen molar-refractivity contribution in [3.05, 3.63) is 27.8 Å². The first-order chi connectivity index (χ1) is 8.76. The Labute approximate surface area is 121 Å². The number of halogens is 1. The van der Waals surface area contributed by atoms with E-state index in [4.69, 9.17) is 4.74 Å². The zero-order valence-corrected chi connectivity index (χ0v) is 12.2. The predicted molar refractivity (Wildman–Crippen MR) is 77.5 cm³/mol. The molecule has 3 atom stereocenters. The molecule has 0 spiro atoms. The Morgan fingerprint density at radius 2 is 1.78 bits per heavy atom. The SMILES string of the molecule is O=CN1[C@@H]2CC[C@H]1C[C@@H](Oc1ccc(I)cc1)C2. The molecule has 2 aliphatic rings. The van der Waals surface area contributed by atoms with Gasteiger partial charge in [-0.15, -0.1) is 0 Å². The van der Waals surface area contributed by atoms with E-state index < -0.39 is 0 Å². The minimum Gasteiger partial charge on any atom is -0.490 e. The van der Waals surface area contributed by atoms with Gasteiger partial charge in [0.25, 0.3) is 0 Å². The highest BCUT2D eigenvalue weighted by Gasteiger charge is 2.40. The van der Waals surface area contributed by atoms with E-state index in [1.54, 1.807) is 0 Å². The van der Waals surface area contributed by atoms with Crippen LogP contribution in [0, 0.1) is 3.57 Å². The molecule has 18 heavy (non-hydrogen) atoms. The van der Waals surface area contributed by atoms with Crippen molar-refractivity contribution in [1.82, 2.24) is 4.90 Å². The average molecular weight is 357 g/mol. The summed E-state index contributed by atoms with van der Waals surface area (Å²) in [5.41, 5.74) is 0. The number of benzene rings is 1. The number of rotatable bonds is 3. The smallest absolute Gasteiger partial charge is 0.210 e. The van der Waals surface area contributed by atoms with Gasteiger partial charge in [-0.1, -0.05) is 0 Å². The molecule has 96 valence electrons. The molecule has 0 aromatic heterocycles. The number of fused-ring (bicyclic) bond motifs is 2. The largest absolute Gasteiger partial charge is 0.490 e. The Bertz CT molecular complexity index is 420. The Morgan fingerprint density at radius 3 is 2.33 bits per heavy atom. The van der Waals surface area contributed by atoms with E-state index in [0.717, 1.165) is 37.8 Å². The third kappa shape index (κ3) is 2.35. The van der Waals surface area contributed by atoms with Gasteiger partial charge < -0.3 is 9.64 Å². The standard InChI is InChI=1S/C14H16INO2/c15-10-1-5-13(6-2-10)18-14-7-11-3-4-12(8-14)16(11)9-17/h1-2,5-6,9,11-12,14H,3-4,7-8H2/t11-,12+,14+. The van der Waals surface area contributed by atoms with E-state index in [2.05, 4.69) is 34.7 Å². The van der Waals surface area contributed by atoms with Crippen molar-refractivity contribution in [3.63, 3.8) is 0 Å². The molecule has 0 aliphatic carbocycles. The van der Waals surface area contributed by atoms with E-state index >= 15 is 0 Å². The average Bonchev–Trinajstić information content (AvgIpc) is 2.62. The van der Waals surface area contributed by atoms with Crippen molar-refractivity contribution in [2.45, 2.75) is 43.9 Å². The normalized spacial score (nSPS) is 30.3. The van der Waals surface area contributed by atoms with Crippen LogP contribution in [0.15, 0.2) is 24.3 Å². The van der Waals surface area contributed by atoms with E-state index in [9.17, 15) is 4.79 Å². The maximum Gasteiger partial charge on any atom is 0.210 e. The third-order valence-corrected chi connectivity index (χ3v) is 4.70. The minimum absolute atomic E-state index is 0.263. The molecule has 2 saturated heterocycles. The zero-order chi connectivity index (χ0) is 12.5. The molecule has 0 saturated carbocycles. The van der Waals surface area contributed by atoms with Gasteiger partial charge in [0.15, 0.2) is 0 Å². The number of amides is 1. The van der Waals surface area contributed by atoms with Crippen molar-refractivity contribution >= 4 is 29.0 Å². The van der Waals surface area contributed by atoms with Crippen LogP contribution in [0.2, 0.25) is 0 Å². The molecule has 3 nitrogen and oxygen atoms in total. The molecule has 1 amide bonds. The summed E-state index contributed by atoms with van der Waals surface area (Å²) in [6.07, 6.45) is 5.50. The van der Waals surface area contributed by atoms with Crippen molar-refractivity contribution < 1.29 is 9.53 Å². The van der Waals surface area contributed by atoms with Gasteiger partial charge in [-0.25, -0.2) is 0 Å². The fourth-order valence-electron chi connectivity index (χ4n) is 3.14. The van der Waals surface area contributed by atoms with Gasteiger partial charge in [0, 0.05) is 28.5 Å². The number of carbonyl (C=O) groups is 1. The third-order valence-electron chi connectivity index (χ3n) is 3.98. The summed E-state index contributed by atoms with van der Waals surface area (Å²) in [7, 11) is 0. The minimum atomic E-state index is 0.263.